The van der Waals surface area contributed by atoms with E-state index in [2.05, 4.69) is 15.2 Å². The quantitative estimate of drug-likeness (QED) is 0.394. The summed E-state index contributed by atoms with van der Waals surface area (Å²) in [5, 5.41) is 8.14. The Labute approximate surface area is 205 Å². The van der Waals surface area contributed by atoms with Crippen molar-refractivity contribution < 1.29 is 17.7 Å². The number of anilines is 1. The summed E-state index contributed by atoms with van der Waals surface area (Å²) < 4.78 is 55.7. The Morgan fingerprint density at radius 1 is 1.06 bits per heavy atom. The van der Waals surface area contributed by atoms with Gasteiger partial charge in [0.15, 0.2) is 0 Å². The van der Waals surface area contributed by atoms with Crippen molar-refractivity contribution in [1.82, 2.24) is 15.2 Å². The number of rotatable bonds is 5. The van der Waals surface area contributed by atoms with Crippen molar-refractivity contribution in [2.24, 2.45) is 0 Å². The second-order valence-corrected chi connectivity index (χ2v) is 12.3. The van der Waals surface area contributed by atoms with Gasteiger partial charge in [0.25, 0.3) is 11.5 Å². The van der Waals surface area contributed by atoms with Gasteiger partial charge >= 0.3 is 0 Å². The highest BCUT2D eigenvalue weighted by Crippen LogP contribution is 2.47. The number of fused-ring (bicyclic) bond motifs is 1. The van der Waals surface area contributed by atoms with E-state index < -0.39 is 18.9 Å². The summed E-state index contributed by atoms with van der Waals surface area (Å²) in [6, 6.07) is 14.6. The van der Waals surface area contributed by atoms with Crippen LogP contribution in [0.5, 0.6) is 0 Å². The number of H-pyrrole nitrogens is 1. The minimum absolute atomic E-state index is 0.169. The van der Waals surface area contributed by atoms with Crippen molar-refractivity contribution in [3.63, 3.8) is 0 Å². The standard InChI is InChI=1S/C26H24F3N4O2P/c1-26(28,29)18-7-9-24(30-16-18)33-10-12-36(35,13-11-33)23-15-17(6-8-21(23)27)14-22-19-4-2-3-5-20(19)25(34)32-31-22/h2-9,15-16H,10-14H2,1H3,(H,32,34). The Hall–Kier alpha value is -3.45. The molecule has 2 aromatic heterocycles. The van der Waals surface area contributed by atoms with E-state index >= 15 is 0 Å². The molecule has 3 heterocycles. The maximum atomic E-state index is 14.9. The SMILES string of the molecule is CC(F)(F)c1ccc(N2CCP(=O)(c3cc(Cc4n[nH]c(=O)c5ccccc45)ccc3F)CC2)nc1. The number of hydrogen-bond donors (Lipinski definition) is 1. The third kappa shape index (κ3) is 4.67. The fourth-order valence-electron chi connectivity index (χ4n) is 4.57. The van der Waals surface area contributed by atoms with E-state index in [-0.39, 0.29) is 28.8 Å². The molecule has 5 rings (SSSR count). The van der Waals surface area contributed by atoms with Crippen LogP contribution in [0.3, 0.4) is 0 Å². The number of alkyl halides is 2. The summed E-state index contributed by atoms with van der Waals surface area (Å²) in [5.74, 6) is -2.95. The van der Waals surface area contributed by atoms with Crippen LogP contribution in [-0.2, 0) is 16.9 Å². The van der Waals surface area contributed by atoms with Crippen LogP contribution < -0.4 is 15.8 Å². The van der Waals surface area contributed by atoms with E-state index in [0.717, 1.165) is 18.7 Å². The Kier molecular flexibility index (Phi) is 6.20. The number of aromatic amines is 1. The van der Waals surface area contributed by atoms with Gasteiger partial charge in [-0.1, -0.05) is 24.3 Å². The van der Waals surface area contributed by atoms with E-state index in [1.165, 1.54) is 18.2 Å². The fraction of sp³-hybridized carbons (Fsp3) is 0.269. The van der Waals surface area contributed by atoms with Crippen LogP contribution in [0, 0.1) is 5.82 Å². The first-order valence-corrected chi connectivity index (χ1v) is 13.6. The molecule has 0 spiro atoms. The highest BCUT2D eigenvalue weighted by atomic mass is 31.2. The van der Waals surface area contributed by atoms with Gasteiger partial charge < -0.3 is 9.46 Å². The first-order chi connectivity index (χ1) is 17.1. The lowest BCUT2D eigenvalue weighted by Gasteiger charge is -2.33. The van der Waals surface area contributed by atoms with Crippen LogP contribution >= 0.6 is 7.14 Å². The molecule has 10 heteroatoms. The van der Waals surface area contributed by atoms with Crippen LogP contribution in [0.1, 0.15) is 23.7 Å². The van der Waals surface area contributed by atoms with E-state index in [1.54, 1.807) is 24.3 Å². The summed E-state index contributed by atoms with van der Waals surface area (Å²) in [6.45, 7) is 1.57. The molecule has 4 aromatic rings. The molecule has 0 aliphatic carbocycles. The molecule has 1 N–H and O–H groups in total. The van der Waals surface area contributed by atoms with Crippen molar-refractivity contribution in [2.45, 2.75) is 19.3 Å². The van der Waals surface area contributed by atoms with E-state index in [0.29, 0.717) is 41.8 Å². The van der Waals surface area contributed by atoms with Crippen LogP contribution in [0.25, 0.3) is 10.8 Å². The van der Waals surface area contributed by atoms with Crippen LogP contribution in [0.15, 0.2) is 65.6 Å². The average Bonchev–Trinajstić information content (AvgIpc) is 2.87. The molecule has 0 radical (unpaired) electrons. The number of aromatic nitrogens is 3. The van der Waals surface area contributed by atoms with E-state index in [4.69, 9.17) is 0 Å². The zero-order valence-corrected chi connectivity index (χ0v) is 20.4. The number of halogens is 3. The minimum atomic E-state index is -3.03. The van der Waals surface area contributed by atoms with Crippen molar-refractivity contribution in [3.05, 3.63) is 93.8 Å². The molecule has 1 fully saturated rings. The molecule has 1 aliphatic heterocycles. The van der Waals surface area contributed by atoms with E-state index in [1.807, 2.05) is 17.0 Å². The van der Waals surface area contributed by atoms with Gasteiger partial charge in [0, 0.05) is 61.2 Å². The molecule has 2 aromatic carbocycles. The van der Waals surface area contributed by atoms with Gasteiger partial charge in [-0.15, -0.1) is 0 Å². The molecule has 36 heavy (non-hydrogen) atoms. The molecule has 0 bridgehead atoms. The Bertz CT molecular complexity index is 1520. The summed E-state index contributed by atoms with van der Waals surface area (Å²) in [6.07, 6.45) is 2.00. The van der Waals surface area contributed by atoms with Gasteiger partial charge in [0.1, 0.15) is 18.8 Å². The van der Waals surface area contributed by atoms with Gasteiger partial charge in [-0.25, -0.2) is 23.3 Å². The second-order valence-electron chi connectivity index (χ2n) is 9.12. The molecule has 6 nitrogen and oxygen atoms in total. The summed E-state index contributed by atoms with van der Waals surface area (Å²) in [5.41, 5.74) is 0.935. The number of nitrogens with zero attached hydrogens (tertiary/aromatic N) is 3. The molecule has 1 aliphatic rings. The average molecular weight is 512 g/mol. The normalized spacial score (nSPS) is 15.8. The van der Waals surface area contributed by atoms with Crippen LogP contribution in [-0.4, -0.2) is 40.6 Å². The maximum Gasteiger partial charge on any atom is 0.272 e. The molecule has 186 valence electrons. The minimum Gasteiger partial charge on any atom is -0.356 e. The number of benzene rings is 2. The Morgan fingerprint density at radius 2 is 1.78 bits per heavy atom. The van der Waals surface area contributed by atoms with Crippen LogP contribution in [0.2, 0.25) is 0 Å². The highest BCUT2D eigenvalue weighted by Gasteiger charge is 2.34. The third-order valence-corrected chi connectivity index (χ3v) is 9.70. The first-order valence-electron chi connectivity index (χ1n) is 11.6. The lowest BCUT2D eigenvalue weighted by molar-refractivity contribution is 0.0171. The maximum absolute atomic E-state index is 14.9. The summed E-state index contributed by atoms with van der Waals surface area (Å²) >= 11 is 0. The molecule has 0 amide bonds. The smallest absolute Gasteiger partial charge is 0.272 e. The monoisotopic (exact) mass is 512 g/mol. The van der Waals surface area contributed by atoms with E-state index in [9.17, 15) is 22.5 Å². The highest BCUT2D eigenvalue weighted by molar-refractivity contribution is 7.71. The Balaban J connectivity index is 1.36. The van der Waals surface area contributed by atoms with Crippen molar-refractivity contribution >= 4 is 29.0 Å². The predicted molar refractivity (Wildman–Crippen MR) is 135 cm³/mol. The molecular formula is C26H24F3N4O2P. The van der Waals surface area contributed by atoms with Gasteiger partial charge in [-0.3, -0.25) is 4.79 Å². The van der Waals surface area contributed by atoms with Gasteiger partial charge in [0.05, 0.1) is 11.1 Å². The largest absolute Gasteiger partial charge is 0.356 e. The number of pyridine rings is 1. The zero-order chi connectivity index (χ0) is 25.5. The predicted octanol–water partition coefficient (Wildman–Crippen LogP) is 4.67. The van der Waals surface area contributed by atoms with Gasteiger partial charge in [-0.05, 0) is 35.9 Å². The lowest BCUT2D eigenvalue weighted by Crippen LogP contribution is -2.38. The second kappa shape index (κ2) is 9.21. The fourth-order valence-corrected chi connectivity index (χ4v) is 7.27. The number of hydrogen-bond acceptors (Lipinski definition) is 5. The van der Waals surface area contributed by atoms with Crippen molar-refractivity contribution in [2.75, 3.05) is 30.3 Å². The molecule has 0 atom stereocenters. The first kappa shape index (κ1) is 24.3. The van der Waals surface area contributed by atoms with Crippen LogP contribution in [0.4, 0.5) is 19.0 Å². The molecule has 1 saturated heterocycles. The third-order valence-electron chi connectivity index (χ3n) is 6.64. The van der Waals surface area contributed by atoms with Gasteiger partial charge in [-0.2, -0.15) is 5.10 Å². The lowest BCUT2D eigenvalue weighted by atomic mass is 10.0. The summed E-state index contributed by atoms with van der Waals surface area (Å²) in [7, 11) is -3.03. The number of nitrogens with one attached hydrogen (secondary N) is 1. The molecule has 0 unspecified atom stereocenters. The molecule has 0 saturated carbocycles. The Morgan fingerprint density at radius 3 is 2.44 bits per heavy atom. The topological polar surface area (TPSA) is 79.0 Å². The van der Waals surface area contributed by atoms with Crippen molar-refractivity contribution in [3.8, 4) is 0 Å². The van der Waals surface area contributed by atoms with Gasteiger partial charge in [0.2, 0.25) is 0 Å². The molecular weight excluding hydrogens is 488 g/mol. The summed E-state index contributed by atoms with van der Waals surface area (Å²) in [4.78, 5) is 18.1. The van der Waals surface area contributed by atoms with Crippen molar-refractivity contribution in [1.29, 1.82) is 0 Å². The zero-order valence-electron chi connectivity index (χ0n) is 19.5.